The Hall–Kier alpha value is -3.10. The van der Waals surface area contributed by atoms with Crippen molar-refractivity contribution in [1.29, 1.82) is 5.26 Å². The van der Waals surface area contributed by atoms with E-state index in [0.717, 1.165) is 43.9 Å². The highest BCUT2D eigenvalue weighted by molar-refractivity contribution is 6.66. The Balaban J connectivity index is 0.000000185. The summed E-state index contributed by atoms with van der Waals surface area (Å²) in [6.45, 7) is 8.28. The van der Waals surface area contributed by atoms with Gasteiger partial charge in [0.15, 0.2) is 0 Å². The van der Waals surface area contributed by atoms with Crippen LogP contribution in [0.5, 0.6) is 0 Å². The van der Waals surface area contributed by atoms with E-state index in [4.69, 9.17) is 16.9 Å². The van der Waals surface area contributed by atoms with Crippen molar-refractivity contribution in [3.05, 3.63) is 49.1 Å². The number of anilines is 1. The molecule has 0 bridgehead atoms. The summed E-state index contributed by atoms with van der Waals surface area (Å²) >= 11 is 5.83. The summed E-state index contributed by atoms with van der Waals surface area (Å²) < 4.78 is 0. The van der Waals surface area contributed by atoms with Gasteiger partial charge in [-0.1, -0.05) is 31.5 Å². The van der Waals surface area contributed by atoms with E-state index in [2.05, 4.69) is 62.4 Å². The Morgan fingerprint density at radius 1 is 1.16 bits per heavy atom. The third-order valence-electron chi connectivity index (χ3n) is 8.99. The van der Waals surface area contributed by atoms with Gasteiger partial charge in [0.1, 0.15) is 17.4 Å². The van der Waals surface area contributed by atoms with Gasteiger partial charge in [-0.3, -0.25) is 4.79 Å². The predicted molar refractivity (Wildman–Crippen MR) is 182 cm³/mol. The predicted octanol–water partition coefficient (Wildman–Crippen LogP) is 4.37. The fourth-order valence-corrected chi connectivity index (χ4v) is 6.48. The number of H-pyrrole nitrogens is 1. The zero-order valence-corrected chi connectivity index (χ0v) is 28.0. The third-order valence-corrected chi connectivity index (χ3v) is 9.34. The number of aromatic nitrogens is 2. The minimum atomic E-state index is -0.0312. The topological polar surface area (TPSA) is 116 Å². The summed E-state index contributed by atoms with van der Waals surface area (Å²) in [7, 11) is 6.24. The SMILES string of the molecule is C[C@@H]1CCN(C(=O)CC#N)C[C@@H]1N(C)C.C[C@@H]1CCNC[C@@H]1N(C)c1nccc2[nH]ccc12.Cl.ClC1=NC=CC2NC=CC12. The van der Waals surface area contributed by atoms with E-state index in [1.165, 1.54) is 11.8 Å². The third kappa shape index (κ3) is 8.75. The number of amides is 1. The molecule has 6 rings (SSSR count). The number of nitrogens with zero attached hydrogens (tertiary/aromatic N) is 6. The van der Waals surface area contributed by atoms with Gasteiger partial charge >= 0.3 is 0 Å². The first-order valence-electron chi connectivity index (χ1n) is 15.2. The number of aliphatic imine (C=N–C) groups is 1. The van der Waals surface area contributed by atoms with Gasteiger partial charge in [0.25, 0.3) is 0 Å². The molecular formula is C32H47Cl2N9O. The van der Waals surface area contributed by atoms with Crippen LogP contribution in [0.4, 0.5) is 5.82 Å². The van der Waals surface area contributed by atoms with Crippen LogP contribution in [-0.2, 0) is 4.79 Å². The summed E-state index contributed by atoms with van der Waals surface area (Å²) in [4.78, 5) is 29.7. The van der Waals surface area contributed by atoms with Crippen LogP contribution in [0.1, 0.15) is 33.1 Å². The van der Waals surface area contributed by atoms with Gasteiger partial charge < -0.3 is 30.3 Å². The lowest BCUT2D eigenvalue weighted by molar-refractivity contribution is -0.132. The normalized spacial score (nSPS) is 27.0. The van der Waals surface area contributed by atoms with Crippen LogP contribution in [-0.4, -0.2) is 96.3 Å². The van der Waals surface area contributed by atoms with E-state index >= 15 is 0 Å². The molecule has 10 nitrogen and oxygen atoms in total. The molecule has 2 saturated heterocycles. The Morgan fingerprint density at radius 2 is 1.93 bits per heavy atom. The van der Waals surface area contributed by atoms with Gasteiger partial charge in [0, 0.05) is 62.7 Å². The van der Waals surface area contributed by atoms with Crippen molar-refractivity contribution in [2.45, 2.75) is 51.2 Å². The van der Waals surface area contributed by atoms with Crippen molar-refractivity contribution < 1.29 is 4.79 Å². The van der Waals surface area contributed by atoms with Crippen molar-refractivity contribution in [2.24, 2.45) is 22.7 Å². The van der Waals surface area contributed by atoms with E-state index in [9.17, 15) is 4.79 Å². The molecular weight excluding hydrogens is 597 g/mol. The molecule has 6 heterocycles. The number of halogens is 2. The molecule has 2 aromatic rings. The molecule has 2 fully saturated rings. The molecule has 3 N–H and O–H groups in total. The van der Waals surface area contributed by atoms with Crippen LogP contribution in [0.2, 0.25) is 0 Å². The lowest BCUT2D eigenvalue weighted by Gasteiger charge is -2.40. The van der Waals surface area contributed by atoms with Gasteiger partial charge in [-0.15, -0.1) is 12.4 Å². The Morgan fingerprint density at radius 3 is 2.64 bits per heavy atom. The molecule has 12 heteroatoms. The van der Waals surface area contributed by atoms with Gasteiger partial charge in [-0.25, -0.2) is 9.98 Å². The summed E-state index contributed by atoms with van der Waals surface area (Å²) in [5.41, 5.74) is 1.16. The van der Waals surface area contributed by atoms with E-state index in [1.807, 2.05) is 61.9 Å². The second kappa shape index (κ2) is 16.8. The van der Waals surface area contributed by atoms with Crippen LogP contribution in [0.15, 0.2) is 54.1 Å². The van der Waals surface area contributed by atoms with Crippen LogP contribution < -0.4 is 15.5 Å². The van der Waals surface area contributed by atoms with Crippen LogP contribution >= 0.6 is 24.0 Å². The molecule has 44 heavy (non-hydrogen) atoms. The molecule has 0 spiro atoms. The number of fused-ring (bicyclic) bond motifs is 2. The maximum Gasteiger partial charge on any atom is 0.236 e. The fourth-order valence-electron chi connectivity index (χ4n) is 6.21. The number of pyridine rings is 1. The number of nitriles is 1. The van der Waals surface area contributed by atoms with Crippen LogP contribution in [0.25, 0.3) is 10.9 Å². The number of likely N-dealkylation sites (N-methyl/N-ethyl adjacent to an activating group) is 2. The molecule has 4 aliphatic rings. The van der Waals surface area contributed by atoms with Crippen molar-refractivity contribution >= 4 is 51.8 Å². The van der Waals surface area contributed by atoms with Crippen molar-refractivity contribution in [1.82, 2.24) is 30.4 Å². The van der Waals surface area contributed by atoms with Crippen molar-refractivity contribution in [3.63, 3.8) is 0 Å². The fraction of sp³-hybridized carbons (Fsp3) is 0.562. The first-order chi connectivity index (χ1) is 20.7. The maximum atomic E-state index is 11.6. The number of likely N-dealkylation sites (tertiary alicyclic amines) is 1. The molecule has 0 aliphatic carbocycles. The summed E-state index contributed by atoms with van der Waals surface area (Å²) in [5.74, 6) is 2.63. The lowest BCUT2D eigenvalue weighted by Crippen LogP contribution is -2.51. The van der Waals surface area contributed by atoms with Gasteiger partial charge in [-0.2, -0.15) is 5.26 Å². The van der Waals surface area contributed by atoms with Gasteiger partial charge in [0.2, 0.25) is 5.91 Å². The minimum absolute atomic E-state index is 0. The Labute approximate surface area is 273 Å². The van der Waals surface area contributed by atoms with Gasteiger partial charge in [0.05, 0.1) is 23.5 Å². The highest BCUT2D eigenvalue weighted by Crippen LogP contribution is 2.27. The minimum Gasteiger partial charge on any atom is -0.384 e. The van der Waals surface area contributed by atoms with E-state index < -0.39 is 0 Å². The number of carbonyl (C=O) groups is 1. The highest BCUT2D eigenvalue weighted by atomic mass is 35.5. The molecule has 4 aliphatic heterocycles. The van der Waals surface area contributed by atoms with Gasteiger partial charge in [-0.05, 0) is 69.7 Å². The molecule has 1 amide bonds. The largest absolute Gasteiger partial charge is 0.384 e. The second-order valence-corrected chi connectivity index (χ2v) is 12.5. The summed E-state index contributed by atoms with van der Waals surface area (Å²) in [6, 6.07) is 7.32. The smallest absolute Gasteiger partial charge is 0.236 e. The number of hydrogen-bond donors (Lipinski definition) is 3. The summed E-state index contributed by atoms with van der Waals surface area (Å²) in [5, 5.41) is 17.0. The zero-order valence-electron chi connectivity index (χ0n) is 26.4. The molecule has 2 unspecified atom stereocenters. The molecule has 0 aromatic carbocycles. The highest BCUT2D eigenvalue weighted by Gasteiger charge is 2.30. The van der Waals surface area contributed by atoms with Crippen molar-refractivity contribution in [2.75, 3.05) is 52.2 Å². The Bertz CT molecular complexity index is 1350. The first kappa shape index (κ1) is 35.4. The number of carbonyl (C=O) groups excluding carboxylic acids is 1. The standard InChI is InChI=1S/C14H20N4.C11H19N3O.C7H7ClN2.ClH/c1-10-3-6-15-9-13(10)18(2)14-11-4-7-16-12(11)5-8-17-14;1-9-5-7-14(11(15)4-6-12)8-10(9)13(2)3;8-7-5-1-3-9-6(5)2-4-10-7;/h4-5,7-8,10,13,15-16H,3,6,9H2,1-2H3;9-10H,4-5,7-8H2,1-3H3;1-6,9H;1H/t10-,13+;9-,10+;;/m11../s1. The number of piperidine rings is 2. The van der Waals surface area contributed by atoms with Crippen molar-refractivity contribution in [3.8, 4) is 6.07 Å². The molecule has 2 aromatic heterocycles. The summed E-state index contributed by atoms with van der Waals surface area (Å²) in [6.07, 6.45) is 13.8. The lowest BCUT2D eigenvalue weighted by atomic mass is 9.92. The average Bonchev–Trinajstić information content (AvgIpc) is 3.69. The number of hydrogen-bond acceptors (Lipinski definition) is 8. The average molecular weight is 645 g/mol. The number of rotatable bonds is 4. The number of aromatic amines is 1. The van der Waals surface area contributed by atoms with Crippen LogP contribution in [0, 0.1) is 29.1 Å². The second-order valence-electron chi connectivity index (χ2n) is 12.1. The quantitative estimate of drug-likeness (QED) is 0.453. The van der Waals surface area contributed by atoms with E-state index in [0.29, 0.717) is 35.1 Å². The number of nitrogens with one attached hydrogen (secondary N) is 3. The zero-order chi connectivity index (χ0) is 30.9. The van der Waals surface area contributed by atoms with E-state index in [-0.39, 0.29) is 30.7 Å². The monoisotopic (exact) mass is 643 g/mol. The Kier molecular flexibility index (Phi) is 13.5. The molecule has 0 radical (unpaired) electrons. The maximum absolute atomic E-state index is 11.6. The molecule has 0 saturated carbocycles. The van der Waals surface area contributed by atoms with Crippen LogP contribution in [0.3, 0.4) is 0 Å². The molecule has 6 atom stereocenters. The first-order valence-corrected chi connectivity index (χ1v) is 15.6. The molecule has 240 valence electrons. The van der Waals surface area contributed by atoms with E-state index in [1.54, 1.807) is 6.20 Å².